The van der Waals surface area contributed by atoms with Crippen molar-refractivity contribution in [2.45, 2.75) is 13.5 Å². The van der Waals surface area contributed by atoms with Crippen molar-refractivity contribution in [3.05, 3.63) is 45.9 Å². The summed E-state index contributed by atoms with van der Waals surface area (Å²) in [4.78, 5) is 19.1. The molecule has 0 unspecified atom stereocenters. The SMILES string of the molecule is Cc1ncsc1CNc1ccccc1C(=O)N(C)C. The standard InChI is InChI=1S/C14H17N3OS/c1-10-13(19-9-16-10)8-15-12-7-5-4-6-11(12)14(18)17(2)3/h4-7,9,15H,8H2,1-3H3. The molecule has 4 nitrogen and oxygen atoms in total. The normalized spacial score (nSPS) is 10.3. The molecule has 1 aromatic heterocycles. The van der Waals surface area contributed by atoms with Crippen LogP contribution in [0.4, 0.5) is 5.69 Å². The first-order valence-electron chi connectivity index (χ1n) is 6.03. The maximum atomic E-state index is 12.1. The number of thiazole rings is 1. The summed E-state index contributed by atoms with van der Waals surface area (Å²) in [5, 5.41) is 3.32. The largest absolute Gasteiger partial charge is 0.379 e. The van der Waals surface area contributed by atoms with Gasteiger partial charge in [0.25, 0.3) is 5.91 Å². The summed E-state index contributed by atoms with van der Waals surface area (Å²) in [7, 11) is 3.51. The summed E-state index contributed by atoms with van der Waals surface area (Å²) in [6.45, 7) is 2.68. The molecule has 0 radical (unpaired) electrons. The molecule has 0 atom stereocenters. The molecule has 0 aliphatic carbocycles. The van der Waals surface area contributed by atoms with Crippen LogP contribution in [0.1, 0.15) is 20.9 Å². The molecule has 100 valence electrons. The van der Waals surface area contributed by atoms with Crippen LogP contribution in [0.25, 0.3) is 0 Å². The quantitative estimate of drug-likeness (QED) is 0.933. The molecule has 0 aliphatic rings. The van der Waals surface area contributed by atoms with Crippen molar-refractivity contribution in [3.8, 4) is 0 Å². The second-order valence-corrected chi connectivity index (χ2v) is 5.40. The number of carbonyl (C=O) groups is 1. The van der Waals surface area contributed by atoms with Crippen molar-refractivity contribution in [1.29, 1.82) is 0 Å². The van der Waals surface area contributed by atoms with E-state index in [0.29, 0.717) is 12.1 Å². The number of hydrogen-bond donors (Lipinski definition) is 1. The van der Waals surface area contributed by atoms with Gasteiger partial charge in [0.05, 0.1) is 23.3 Å². The van der Waals surface area contributed by atoms with E-state index >= 15 is 0 Å². The Labute approximate surface area is 117 Å². The highest BCUT2D eigenvalue weighted by Crippen LogP contribution is 2.19. The number of aryl methyl sites for hydroxylation is 1. The van der Waals surface area contributed by atoms with E-state index in [0.717, 1.165) is 11.4 Å². The van der Waals surface area contributed by atoms with Crippen molar-refractivity contribution in [2.75, 3.05) is 19.4 Å². The van der Waals surface area contributed by atoms with Crippen LogP contribution in [0.5, 0.6) is 0 Å². The van der Waals surface area contributed by atoms with Crippen molar-refractivity contribution in [2.24, 2.45) is 0 Å². The molecule has 0 bridgehead atoms. The predicted octanol–water partition coefficient (Wildman–Crippen LogP) is 2.77. The Bertz CT molecular complexity index is 578. The van der Waals surface area contributed by atoms with Crippen molar-refractivity contribution in [1.82, 2.24) is 9.88 Å². The van der Waals surface area contributed by atoms with Crippen molar-refractivity contribution in [3.63, 3.8) is 0 Å². The minimum absolute atomic E-state index is 0.00382. The van der Waals surface area contributed by atoms with Crippen LogP contribution in [0.2, 0.25) is 0 Å². The molecule has 2 rings (SSSR count). The average molecular weight is 275 g/mol. The summed E-state index contributed by atoms with van der Waals surface area (Å²) in [6, 6.07) is 7.56. The number of nitrogens with one attached hydrogen (secondary N) is 1. The van der Waals surface area contributed by atoms with Gasteiger partial charge in [0.15, 0.2) is 0 Å². The van der Waals surface area contributed by atoms with Crippen LogP contribution in [0.15, 0.2) is 29.8 Å². The Hall–Kier alpha value is -1.88. The Morgan fingerprint density at radius 2 is 2.11 bits per heavy atom. The molecule has 0 fully saturated rings. The fourth-order valence-electron chi connectivity index (χ4n) is 1.74. The van der Waals surface area contributed by atoms with Gasteiger partial charge in [-0.2, -0.15) is 0 Å². The summed E-state index contributed by atoms with van der Waals surface area (Å²) in [5.41, 5.74) is 4.42. The summed E-state index contributed by atoms with van der Waals surface area (Å²) in [6.07, 6.45) is 0. The van der Waals surface area contributed by atoms with Gasteiger partial charge in [-0.05, 0) is 19.1 Å². The lowest BCUT2D eigenvalue weighted by Gasteiger charge is -2.15. The maximum absolute atomic E-state index is 12.1. The first kappa shape index (κ1) is 13.5. The number of nitrogens with zero attached hydrogens (tertiary/aromatic N) is 2. The van der Waals surface area contributed by atoms with Crippen LogP contribution in [-0.4, -0.2) is 29.9 Å². The molecule has 0 spiro atoms. The molecule has 1 heterocycles. The first-order chi connectivity index (χ1) is 9.09. The lowest BCUT2D eigenvalue weighted by molar-refractivity contribution is 0.0828. The fourth-order valence-corrected chi connectivity index (χ4v) is 2.45. The van der Waals surface area contributed by atoms with Gasteiger partial charge in [-0.25, -0.2) is 4.98 Å². The zero-order chi connectivity index (χ0) is 13.8. The number of rotatable bonds is 4. The van der Waals surface area contributed by atoms with Crippen LogP contribution in [0, 0.1) is 6.92 Å². The molecule has 5 heteroatoms. The molecule has 1 amide bonds. The highest BCUT2D eigenvalue weighted by Gasteiger charge is 2.12. The number of carbonyl (C=O) groups excluding carboxylic acids is 1. The van der Waals surface area contributed by atoms with E-state index in [1.165, 1.54) is 4.88 Å². The molecule has 1 N–H and O–H groups in total. The number of anilines is 1. The molecule has 0 saturated heterocycles. The second-order valence-electron chi connectivity index (χ2n) is 4.46. The maximum Gasteiger partial charge on any atom is 0.255 e. The molecular weight excluding hydrogens is 258 g/mol. The second kappa shape index (κ2) is 5.84. The lowest BCUT2D eigenvalue weighted by atomic mass is 10.1. The summed E-state index contributed by atoms with van der Waals surface area (Å²) >= 11 is 1.62. The van der Waals surface area contributed by atoms with E-state index in [1.54, 1.807) is 30.3 Å². The van der Waals surface area contributed by atoms with E-state index in [-0.39, 0.29) is 5.91 Å². The van der Waals surface area contributed by atoms with Gasteiger partial charge in [-0.3, -0.25) is 4.79 Å². The van der Waals surface area contributed by atoms with Crippen molar-refractivity contribution >= 4 is 22.9 Å². The van der Waals surface area contributed by atoms with Gasteiger partial charge < -0.3 is 10.2 Å². The molecular formula is C14H17N3OS. The van der Waals surface area contributed by atoms with Crippen LogP contribution >= 0.6 is 11.3 Å². The van der Waals surface area contributed by atoms with Gasteiger partial charge in [-0.1, -0.05) is 12.1 Å². The Balaban J connectivity index is 2.17. The zero-order valence-corrected chi connectivity index (χ0v) is 12.1. The van der Waals surface area contributed by atoms with Gasteiger partial charge in [0.2, 0.25) is 0 Å². The predicted molar refractivity (Wildman–Crippen MR) is 78.6 cm³/mol. The van der Waals surface area contributed by atoms with E-state index in [9.17, 15) is 4.79 Å². The van der Waals surface area contributed by atoms with Gasteiger partial charge in [0, 0.05) is 24.7 Å². The number of amides is 1. The Morgan fingerprint density at radius 3 is 2.74 bits per heavy atom. The fraction of sp³-hybridized carbons (Fsp3) is 0.286. The molecule has 0 aliphatic heterocycles. The topological polar surface area (TPSA) is 45.2 Å². The average Bonchev–Trinajstić information content (AvgIpc) is 2.81. The highest BCUT2D eigenvalue weighted by atomic mass is 32.1. The smallest absolute Gasteiger partial charge is 0.255 e. The summed E-state index contributed by atoms with van der Waals surface area (Å²) in [5.74, 6) is 0.00382. The van der Waals surface area contributed by atoms with E-state index in [2.05, 4.69) is 10.3 Å². The van der Waals surface area contributed by atoms with E-state index in [1.807, 2.05) is 36.7 Å². The Morgan fingerprint density at radius 1 is 1.37 bits per heavy atom. The molecule has 0 saturated carbocycles. The molecule has 1 aromatic carbocycles. The van der Waals surface area contributed by atoms with Gasteiger partial charge >= 0.3 is 0 Å². The number of aromatic nitrogens is 1. The monoisotopic (exact) mass is 275 g/mol. The van der Waals surface area contributed by atoms with Crippen LogP contribution in [0.3, 0.4) is 0 Å². The summed E-state index contributed by atoms with van der Waals surface area (Å²) < 4.78 is 0. The number of benzene rings is 1. The van der Waals surface area contributed by atoms with Gasteiger partial charge in [0.1, 0.15) is 0 Å². The zero-order valence-electron chi connectivity index (χ0n) is 11.3. The molecule has 19 heavy (non-hydrogen) atoms. The number of hydrogen-bond acceptors (Lipinski definition) is 4. The molecule has 2 aromatic rings. The third-order valence-electron chi connectivity index (χ3n) is 2.85. The lowest BCUT2D eigenvalue weighted by Crippen LogP contribution is -2.22. The Kier molecular flexibility index (Phi) is 4.16. The highest BCUT2D eigenvalue weighted by molar-refractivity contribution is 7.09. The minimum atomic E-state index is 0.00382. The third-order valence-corrected chi connectivity index (χ3v) is 3.78. The van der Waals surface area contributed by atoms with Crippen LogP contribution < -0.4 is 5.32 Å². The van der Waals surface area contributed by atoms with Gasteiger partial charge in [-0.15, -0.1) is 11.3 Å². The van der Waals surface area contributed by atoms with Crippen LogP contribution in [-0.2, 0) is 6.54 Å². The number of para-hydroxylation sites is 1. The van der Waals surface area contributed by atoms with E-state index in [4.69, 9.17) is 0 Å². The third kappa shape index (κ3) is 3.12. The van der Waals surface area contributed by atoms with Crippen molar-refractivity contribution < 1.29 is 4.79 Å². The minimum Gasteiger partial charge on any atom is -0.379 e. The van der Waals surface area contributed by atoms with E-state index < -0.39 is 0 Å². The first-order valence-corrected chi connectivity index (χ1v) is 6.91.